The van der Waals surface area contributed by atoms with Crippen LogP contribution >= 0.6 is 0 Å². The molecule has 4 heteroatoms. The Hall–Kier alpha value is -2.62. The third-order valence-corrected chi connectivity index (χ3v) is 5.14. The number of nitrogens with one attached hydrogen (secondary N) is 1. The second-order valence-electron chi connectivity index (χ2n) is 7.03. The Labute approximate surface area is 160 Å². The van der Waals surface area contributed by atoms with Crippen molar-refractivity contribution in [3.05, 3.63) is 71.3 Å². The van der Waals surface area contributed by atoms with Gasteiger partial charge in [0.2, 0.25) is 5.91 Å². The molecule has 1 N–H and O–H groups in total. The lowest BCUT2D eigenvalue weighted by Crippen LogP contribution is -2.32. The first-order chi connectivity index (χ1) is 13.2. The number of aryl methyl sites for hydroxylation is 1. The number of hydrogen-bond acceptors (Lipinski definition) is 3. The van der Waals surface area contributed by atoms with Gasteiger partial charge in [0.1, 0.15) is 0 Å². The van der Waals surface area contributed by atoms with E-state index in [0.29, 0.717) is 13.0 Å². The van der Waals surface area contributed by atoms with Crippen molar-refractivity contribution in [1.82, 2.24) is 5.32 Å². The smallest absolute Gasteiger partial charge is 0.308 e. The summed E-state index contributed by atoms with van der Waals surface area (Å²) in [4.78, 5) is 24.8. The fourth-order valence-corrected chi connectivity index (χ4v) is 3.87. The molecule has 2 unspecified atom stereocenters. The number of carbonyl (C=O) groups excluding carboxylic acids is 2. The topological polar surface area (TPSA) is 55.4 Å². The Morgan fingerprint density at radius 2 is 1.85 bits per heavy atom. The molecule has 1 aliphatic carbocycles. The maximum atomic E-state index is 12.8. The van der Waals surface area contributed by atoms with Crippen LogP contribution in [0.3, 0.4) is 0 Å². The van der Waals surface area contributed by atoms with Crippen molar-refractivity contribution in [3.8, 4) is 0 Å². The van der Waals surface area contributed by atoms with Crippen LogP contribution in [0.4, 0.5) is 0 Å². The fraction of sp³-hybridized carbons (Fsp3) is 0.391. The highest BCUT2D eigenvalue weighted by Gasteiger charge is 2.25. The molecule has 1 aliphatic rings. The fourth-order valence-electron chi connectivity index (χ4n) is 3.87. The van der Waals surface area contributed by atoms with Gasteiger partial charge in [-0.15, -0.1) is 0 Å². The van der Waals surface area contributed by atoms with E-state index >= 15 is 0 Å². The van der Waals surface area contributed by atoms with Crippen molar-refractivity contribution in [3.63, 3.8) is 0 Å². The molecule has 0 aliphatic heterocycles. The molecule has 0 saturated heterocycles. The molecule has 3 rings (SSSR count). The van der Waals surface area contributed by atoms with Crippen LogP contribution in [0.1, 0.15) is 61.3 Å². The van der Waals surface area contributed by atoms with E-state index in [0.717, 1.165) is 24.8 Å². The average molecular weight is 365 g/mol. The summed E-state index contributed by atoms with van der Waals surface area (Å²) in [5, 5.41) is 3.06. The molecule has 0 aromatic heterocycles. The Bertz CT molecular complexity index is 772. The minimum absolute atomic E-state index is 0.0187. The Balaban J connectivity index is 1.68. The first-order valence-electron chi connectivity index (χ1n) is 9.75. The largest absolute Gasteiger partial charge is 0.466 e. The molecule has 27 heavy (non-hydrogen) atoms. The van der Waals surface area contributed by atoms with Gasteiger partial charge >= 0.3 is 5.97 Å². The zero-order valence-corrected chi connectivity index (χ0v) is 15.8. The normalized spacial score (nSPS) is 16.9. The first-order valence-corrected chi connectivity index (χ1v) is 9.75. The second-order valence-corrected chi connectivity index (χ2v) is 7.03. The zero-order chi connectivity index (χ0) is 19.1. The summed E-state index contributed by atoms with van der Waals surface area (Å²) in [6.07, 6.45) is 3.82. The SMILES string of the molecule is CCOC(=O)CC(NC(=O)CC1CCCc2ccccc21)c1ccccc1. The van der Waals surface area contributed by atoms with E-state index in [9.17, 15) is 9.59 Å². The zero-order valence-electron chi connectivity index (χ0n) is 15.8. The molecule has 2 aromatic rings. The Kier molecular flexibility index (Phi) is 6.64. The van der Waals surface area contributed by atoms with Crippen LogP contribution in [0.2, 0.25) is 0 Å². The minimum Gasteiger partial charge on any atom is -0.466 e. The molecule has 0 spiro atoms. The number of esters is 1. The molecule has 4 nitrogen and oxygen atoms in total. The predicted octanol–water partition coefficient (Wildman–Crippen LogP) is 4.31. The van der Waals surface area contributed by atoms with Crippen LogP contribution in [0.15, 0.2) is 54.6 Å². The van der Waals surface area contributed by atoms with Crippen LogP contribution in [0.25, 0.3) is 0 Å². The molecule has 0 bridgehead atoms. The van der Waals surface area contributed by atoms with Gasteiger partial charge in [-0.3, -0.25) is 9.59 Å². The number of carbonyl (C=O) groups is 2. The van der Waals surface area contributed by atoms with E-state index in [1.54, 1.807) is 6.92 Å². The van der Waals surface area contributed by atoms with Crippen molar-refractivity contribution in [2.45, 2.75) is 51.0 Å². The van der Waals surface area contributed by atoms with Crippen molar-refractivity contribution in [2.24, 2.45) is 0 Å². The average Bonchev–Trinajstić information content (AvgIpc) is 2.69. The van der Waals surface area contributed by atoms with Crippen LogP contribution < -0.4 is 5.32 Å². The minimum atomic E-state index is -0.364. The van der Waals surface area contributed by atoms with Gasteiger partial charge in [0.05, 0.1) is 19.1 Å². The summed E-state index contributed by atoms with van der Waals surface area (Å²) in [6.45, 7) is 2.13. The number of rotatable bonds is 7. The summed E-state index contributed by atoms with van der Waals surface area (Å²) < 4.78 is 5.08. The summed E-state index contributed by atoms with van der Waals surface area (Å²) in [7, 11) is 0. The van der Waals surface area contributed by atoms with E-state index in [-0.39, 0.29) is 30.3 Å². The highest BCUT2D eigenvalue weighted by atomic mass is 16.5. The molecule has 0 saturated carbocycles. The van der Waals surface area contributed by atoms with Gasteiger partial charge in [-0.1, -0.05) is 54.6 Å². The van der Waals surface area contributed by atoms with Crippen LogP contribution in [-0.2, 0) is 20.7 Å². The molecular weight excluding hydrogens is 338 g/mol. The molecule has 1 amide bonds. The van der Waals surface area contributed by atoms with Crippen molar-refractivity contribution >= 4 is 11.9 Å². The monoisotopic (exact) mass is 365 g/mol. The summed E-state index contributed by atoms with van der Waals surface area (Å²) in [6, 6.07) is 17.7. The summed E-state index contributed by atoms with van der Waals surface area (Å²) in [5.41, 5.74) is 3.57. The third-order valence-electron chi connectivity index (χ3n) is 5.14. The van der Waals surface area contributed by atoms with Gasteiger partial charge < -0.3 is 10.1 Å². The third kappa shape index (κ3) is 5.19. The van der Waals surface area contributed by atoms with E-state index in [1.165, 1.54) is 11.1 Å². The summed E-state index contributed by atoms with van der Waals surface area (Å²) >= 11 is 0. The predicted molar refractivity (Wildman–Crippen MR) is 105 cm³/mol. The second kappa shape index (κ2) is 9.36. The van der Waals surface area contributed by atoms with E-state index in [1.807, 2.05) is 36.4 Å². The quantitative estimate of drug-likeness (QED) is 0.744. The van der Waals surface area contributed by atoms with Gasteiger partial charge in [-0.25, -0.2) is 0 Å². The lowest BCUT2D eigenvalue weighted by Gasteiger charge is -2.26. The van der Waals surface area contributed by atoms with Crippen molar-refractivity contribution in [2.75, 3.05) is 6.61 Å². The van der Waals surface area contributed by atoms with Gasteiger partial charge in [0.25, 0.3) is 0 Å². The lowest BCUT2D eigenvalue weighted by atomic mass is 9.81. The van der Waals surface area contributed by atoms with Crippen molar-refractivity contribution < 1.29 is 14.3 Å². The first kappa shape index (κ1) is 19.2. The van der Waals surface area contributed by atoms with Crippen molar-refractivity contribution in [1.29, 1.82) is 0 Å². The van der Waals surface area contributed by atoms with Gasteiger partial charge in [-0.05, 0) is 48.8 Å². The molecule has 142 valence electrons. The number of fused-ring (bicyclic) bond motifs is 1. The molecule has 0 heterocycles. The van der Waals surface area contributed by atoms with E-state index in [4.69, 9.17) is 4.74 Å². The van der Waals surface area contributed by atoms with Crippen LogP contribution in [0.5, 0.6) is 0 Å². The maximum absolute atomic E-state index is 12.8. The number of amides is 1. The highest BCUT2D eigenvalue weighted by molar-refractivity contribution is 5.79. The Morgan fingerprint density at radius 3 is 2.63 bits per heavy atom. The van der Waals surface area contributed by atoms with E-state index < -0.39 is 0 Å². The molecule has 2 aromatic carbocycles. The van der Waals surface area contributed by atoms with E-state index in [2.05, 4.69) is 23.5 Å². The molecule has 2 atom stereocenters. The van der Waals surface area contributed by atoms with Crippen LogP contribution in [-0.4, -0.2) is 18.5 Å². The maximum Gasteiger partial charge on any atom is 0.308 e. The molecular formula is C23H27NO3. The molecule has 0 radical (unpaired) electrons. The number of hydrogen-bond donors (Lipinski definition) is 1. The standard InChI is InChI=1S/C23H27NO3/c1-2-27-23(26)16-21(18-10-4-3-5-11-18)24-22(25)15-19-13-8-12-17-9-6-7-14-20(17)19/h3-7,9-11,14,19,21H,2,8,12-13,15-16H2,1H3,(H,24,25). The highest BCUT2D eigenvalue weighted by Crippen LogP contribution is 2.34. The van der Waals surface area contributed by atoms with Crippen LogP contribution in [0, 0.1) is 0 Å². The molecule has 0 fully saturated rings. The summed E-state index contributed by atoms with van der Waals surface area (Å²) in [5.74, 6) is -0.0708. The van der Waals surface area contributed by atoms with Gasteiger partial charge in [0.15, 0.2) is 0 Å². The van der Waals surface area contributed by atoms with Gasteiger partial charge in [0, 0.05) is 6.42 Å². The number of benzene rings is 2. The number of ether oxygens (including phenoxy) is 1. The Morgan fingerprint density at radius 1 is 1.11 bits per heavy atom. The van der Waals surface area contributed by atoms with Gasteiger partial charge in [-0.2, -0.15) is 0 Å². The lowest BCUT2D eigenvalue weighted by molar-refractivity contribution is -0.143.